The summed E-state index contributed by atoms with van der Waals surface area (Å²) in [4.78, 5) is 15.6. The highest BCUT2D eigenvalue weighted by atomic mass is 32.2. The predicted molar refractivity (Wildman–Crippen MR) is 105 cm³/mol. The van der Waals surface area contributed by atoms with Gasteiger partial charge in [0.2, 0.25) is 5.89 Å². The fraction of sp³-hybridized carbons (Fsp3) is 0.421. The first-order valence-electron chi connectivity index (χ1n) is 8.86. The molecule has 0 aliphatic heterocycles. The first kappa shape index (κ1) is 19.3. The Hall–Kier alpha value is -2.48. The van der Waals surface area contributed by atoms with E-state index in [1.54, 1.807) is 0 Å². The average molecular weight is 388 g/mol. The number of amides is 1. The topological polar surface area (TPSA) is 93.0 Å². The number of thioether (sulfide) groups is 1. The highest BCUT2D eigenvalue weighted by molar-refractivity contribution is 7.99. The summed E-state index contributed by atoms with van der Waals surface area (Å²) in [6.45, 7) is 7.48. The third-order valence-electron chi connectivity index (χ3n) is 3.78. The maximum atomic E-state index is 12.3. The van der Waals surface area contributed by atoms with Gasteiger partial charge in [0.15, 0.2) is 0 Å². The molecular weight excluding hydrogens is 364 g/mol. The Morgan fingerprint density at radius 1 is 1.33 bits per heavy atom. The number of aromatic amines is 1. The highest BCUT2D eigenvalue weighted by Crippen LogP contribution is 2.26. The van der Waals surface area contributed by atoms with Crippen molar-refractivity contribution in [1.29, 1.82) is 0 Å². The summed E-state index contributed by atoms with van der Waals surface area (Å²) in [5, 5.41) is 12.6. The van der Waals surface area contributed by atoms with E-state index in [-0.39, 0.29) is 0 Å². The third kappa shape index (κ3) is 5.03. The molecule has 27 heavy (non-hydrogen) atoms. The van der Waals surface area contributed by atoms with Crippen LogP contribution in [0, 0.1) is 0 Å². The molecule has 3 aromatic rings. The molecule has 0 fully saturated rings. The minimum absolute atomic E-state index is 0.363. The van der Waals surface area contributed by atoms with Crippen molar-refractivity contribution in [2.75, 3.05) is 5.75 Å². The number of hydrogen-bond acceptors (Lipinski definition) is 6. The van der Waals surface area contributed by atoms with E-state index >= 15 is 0 Å². The van der Waals surface area contributed by atoms with Crippen molar-refractivity contribution in [3.63, 3.8) is 0 Å². The predicted octanol–water partition coefficient (Wildman–Crippen LogP) is 4.47. The number of H-pyrrole nitrogens is 1. The van der Waals surface area contributed by atoms with Crippen molar-refractivity contribution in [2.45, 2.75) is 51.0 Å². The molecule has 1 amide bonds. The van der Waals surface area contributed by atoms with E-state index in [0.29, 0.717) is 17.5 Å². The van der Waals surface area contributed by atoms with Gasteiger partial charge in [0.25, 0.3) is 5.22 Å². The number of carbonyl (C=O) groups excluding carboxylic acids is 1. The molecule has 2 heterocycles. The maximum Gasteiger partial charge on any atom is 0.408 e. The van der Waals surface area contributed by atoms with E-state index < -0.39 is 17.7 Å². The Morgan fingerprint density at radius 2 is 2.11 bits per heavy atom. The minimum atomic E-state index is -0.590. The largest absolute Gasteiger partial charge is 0.444 e. The molecule has 2 aromatic heterocycles. The number of nitrogens with one attached hydrogen (secondary N) is 2. The lowest BCUT2D eigenvalue weighted by Gasteiger charge is -2.22. The molecular formula is C19H24N4O3S. The monoisotopic (exact) mass is 388 g/mol. The van der Waals surface area contributed by atoms with Crippen LogP contribution in [0.5, 0.6) is 0 Å². The fourth-order valence-corrected chi connectivity index (χ4v) is 3.20. The average Bonchev–Trinajstić information content (AvgIpc) is 3.20. The maximum absolute atomic E-state index is 12.3. The molecule has 144 valence electrons. The van der Waals surface area contributed by atoms with Gasteiger partial charge in [-0.25, -0.2) is 4.79 Å². The molecule has 0 bridgehead atoms. The van der Waals surface area contributed by atoms with Crippen LogP contribution in [0.2, 0.25) is 0 Å². The van der Waals surface area contributed by atoms with E-state index in [0.717, 1.165) is 22.2 Å². The van der Waals surface area contributed by atoms with Crippen LogP contribution in [0.1, 0.15) is 45.2 Å². The minimum Gasteiger partial charge on any atom is -0.444 e. The number of carbonyl (C=O) groups is 1. The third-order valence-corrected chi connectivity index (χ3v) is 4.48. The number of rotatable bonds is 6. The molecule has 1 aromatic carbocycles. The van der Waals surface area contributed by atoms with E-state index in [1.807, 2.05) is 58.2 Å². The number of fused-ring (bicyclic) bond motifs is 1. The first-order chi connectivity index (χ1) is 12.9. The molecule has 0 radical (unpaired) electrons. The molecule has 2 N–H and O–H groups in total. The van der Waals surface area contributed by atoms with Gasteiger partial charge >= 0.3 is 6.09 Å². The van der Waals surface area contributed by atoms with Gasteiger partial charge in [-0.2, -0.15) is 0 Å². The van der Waals surface area contributed by atoms with Gasteiger partial charge in [-0.1, -0.05) is 36.9 Å². The van der Waals surface area contributed by atoms with Gasteiger partial charge in [-0.3, -0.25) is 0 Å². The van der Waals surface area contributed by atoms with Crippen LogP contribution in [0.15, 0.2) is 40.1 Å². The van der Waals surface area contributed by atoms with Crippen molar-refractivity contribution in [3.8, 4) is 0 Å². The lowest BCUT2D eigenvalue weighted by molar-refractivity contribution is 0.0494. The summed E-state index contributed by atoms with van der Waals surface area (Å²) in [6.07, 6.45) is 1.92. The smallest absolute Gasteiger partial charge is 0.408 e. The quantitative estimate of drug-likeness (QED) is 0.605. The second-order valence-corrected chi connectivity index (χ2v) is 8.32. The van der Waals surface area contributed by atoms with E-state index in [1.165, 1.54) is 11.8 Å². The second-order valence-electron chi connectivity index (χ2n) is 7.10. The van der Waals surface area contributed by atoms with Crippen LogP contribution in [0.3, 0.4) is 0 Å². The molecule has 8 heteroatoms. The molecule has 0 saturated carbocycles. The van der Waals surface area contributed by atoms with E-state index in [2.05, 4.69) is 20.5 Å². The zero-order valence-corrected chi connectivity index (χ0v) is 16.7. The Labute approximate surface area is 162 Å². The van der Waals surface area contributed by atoms with Crippen LogP contribution in [-0.4, -0.2) is 32.6 Å². The Morgan fingerprint density at radius 3 is 2.85 bits per heavy atom. The second kappa shape index (κ2) is 8.04. The van der Waals surface area contributed by atoms with Crippen LogP contribution < -0.4 is 5.32 Å². The van der Waals surface area contributed by atoms with Crippen LogP contribution in [0.25, 0.3) is 10.9 Å². The Bertz CT molecular complexity index is 913. The number of para-hydroxylation sites is 1. The molecule has 0 unspecified atom stereocenters. The van der Waals surface area contributed by atoms with Crippen molar-refractivity contribution in [3.05, 3.63) is 41.9 Å². The number of benzene rings is 1. The molecule has 0 aliphatic rings. The number of alkyl carbamates (subject to hydrolysis) is 1. The van der Waals surface area contributed by atoms with E-state index in [9.17, 15) is 4.79 Å². The van der Waals surface area contributed by atoms with E-state index in [4.69, 9.17) is 9.15 Å². The number of hydrogen-bond donors (Lipinski definition) is 2. The molecule has 1 atom stereocenters. The number of nitrogens with zero attached hydrogens (tertiary/aromatic N) is 2. The fourth-order valence-electron chi connectivity index (χ4n) is 2.71. The van der Waals surface area contributed by atoms with Crippen molar-refractivity contribution in [1.82, 2.24) is 20.5 Å². The SMILES string of the molecule is CCSc1nnc([C@H](Cc2c[nH]c3ccccc23)NC(=O)OC(C)(C)C)o1. The van der Waals surface area contributed by atoms with Gasteiger partial charge in [-0.05, 0) is 38.2 Å². The van der Waals surface area contributed by atoms with Crippen LogP contribution >= 0.6 is 11.8 Å². The van der Waals surface area contributed by atoms with Crippen LogP contribution in [-0.2, 0) is 11.2 Å². The summed E-state index contributed by atoms with van der Waals surface area (Å²) < 4.78 is 11.1. The molecule has 0 spiro atoms. The lowest BCUT2D eigenvalue weighted by atomic mass is 10.1. The number of aromatic nitrogens is 3. The zero-order chi connectivity index (χ0) is 19.4. The van der Waals surface area contributed by atoms with Gasteiger partial charge in [0, 0.05) is 23.5 Å². The van der Waals surface area contributed by atoms with Gasteiger partial charge < -0.3 is 19.5 Å². The molecule has 7 nitrogen and oxygen atoms in total. The summed E-state index contributed by atoms with van der Waals surface area (Å²) in [7, 11) is 0. The van der Waals surface area contributed by atoms with Crippen molar-refractivity contribution < 1.29 is 13.9 Å². The summed E-state index contributed by atoms with van der Waals surface area (Å²) in [5.74, 6) is 1.19. The number of ether oxygens (including phenoxy) is 1. The van der Waals surface area contributed by atoms with Gasteiger partial charge in [0.1, 0.15) is 11.6 Å². The normalized spacial score (nSPS) is 12.9. The summed E-state index contributed by atoms with van der Waals surface area (Å²) in [5.41, 5.74) is 1.50. The standard InChI is InChI=1S/C19H24N4O3S/c1-5-27-18-23-22-16(25-18)15(21-17(24)26-19(2,3)4)10-12-11-20-14-9-7-6-8-13(12)14/h6-9,11,15,20H,5,10H2,1-4H3,(H,21,24)/t15-/m0/s1. The van der Waals surface area contributed by atoms with Crippen molar-refractivity contribution in [2.24, 2.45) is 0 Å². The highest BCUT2D eigenvalue weighted by Gasteiger charge is 2.25. The Balaban J connectivity index is 1.85. The lowest BCUT2D eigenvalue weighted by Crippen LogP contribution is -2.36. The van der Waals surface area contributed by atoms with Crippen LogP contribution in [0.4, 0.5) is 4.79 Å². The molecule has 3 rings (SSSR count). The molecule has 0 saturated heterocycles. The summed E-state index contributed by atoms with van der Waals surface area (Å²) in [6, 6.07) is 7.53. The van der Waals surface area contributed by atoms with Crippen molar-refractivity contribution >= 4 is 28.8 Å². The Kier molecular flexibility index (Phi) is 5.74. The van der Waals surface area contributed by atoms with Gasteiger partial charge in [0.05, 0.1) is 0 Å². The zero-order valence-electron chi connectivity index (χ0n) is 15.9. The van der Waals surface area contributed by atoms with Gasteiger partial charge in [-0.15, -0.1) is 10.2 Å². The molecule has 0 aliphatic carbocycles. The first-order valence-corrected chi connectivity index (χ1v) is 9.85. The summed E-state index contributed by atoms with van der Waals surface area (Å²) >= 11 is 1.46.